The third-order valence-electron chi connectivity index (χ3n) is 17.4. The predicted octanol–water partition coefficient (Wildman–Crippen LogP) is 26.0. The van der Waals surface area contributed by atoms with E-state index in [1.54, 1.807) is 0 Å². The summed E-state index contributed by atoms with van der Waals surface area (Å²) in [5.74, 6) is -1.99. The molecule has 9 nitrogen and oxygen atoms in total. The van der Waals surface area contributed by atoms with Gasteiger partial charge >= 0.3 is 17.9 Å². The lowest BCUT2D eigenvalue weighted by atomic mass is 10.0. The van der Waals surface area contributed by atoms with Crippen LogP contribution >= 0.6 is 0 Å². The van der Waals surface area contributed by atoms with E-state index in [4.69, 9.17) is 18.9 Å². The number of hydrogen-bond donors (Lipinski definition) is 1. The van der Waals surface area contributed by atoms with Gasteiger partial charge in [-0.2, -0.15) is 0 Å². The van der Waals surface area contributed by atoms with E-state index in [2.05, 4.69) is 148 Å². The fourth-order valence-electron chi connectivity index (χ4n) is 11.3. The number of carboxylic acids is 1. The summed E-state index contributed by atoms with van der Waals surface area (Å²) in [5, 5.41) is 9.78. The molecule has 0 fully saturated rings. The van der Waals surface area contributed by atoms with E-state index in [1.807, 2.05) is 21.1 Å². The lowest BCUT2D eigenvalue weighted by Crippen LogP contribution is -2.40. The van der Waals surface area contributed by atoms with Crippen LogP contribution in [0.5, 0.6) is 0 Å². The minimum absolute atomic E-state index is 0.183. The predicted molar refractivity (Wildman–Crippen MR) is 419 cm³/mol. The van der Waals surface area contributed by atoms with E-state index in [0.717, 1.165) is 109 Å². The van der Waals surface area contributed by atoms with Gasteiger partial charge in [0.15, 0.2) is 6.10 Å². The summed E-state index contributed by atoms with van der Waals surface area (Å²) in [6.07, 6.45) is 109. The first-order valence-corrected chi connectivity index (χ1v) is 40.3. The average molecular weight is 1350 g/mol. The molecule has 0 spiro atoms. The number of allylic oxidation sites excluding steroid dienone is 22. The fraction of sp³-hybridized carbons (Fsp3) is 0.716. The molecule has 2 atom stereocenters. The van der Waals surface area contributed by atoms with Crippen molar-refractivity contribution in [1.29, 1.82) is 0 Å². The number of nitrogens with zero attached hydrogens (tertiary/aromatic N) is 1. The van der Waals surface area contributed by atoms with Gasteiger partial charge in [0.25, 0.3) is 6.29 Å². The molecule has 0 heterocycles. The number of hydrogen-bond acceptors (Lipinski definition) is 7. The zero-order chi connectivity index (χ0) is 70.4. The molecule has 0 aromatic rings. The van der Waals surface area contributed by atoms with Gasteiger partial charge in [0.05, 0.1) is 34.4 Å². The maximum absolute atomic E-state index is 13.0. The highest BCUT2D eigenvalue weighted by Gasteiger charge is 2.25. The van der Waals surface area contributed by atoms with Gasteiger partial charge in [-0.05, 0) is 109 Å². The number of quaternary nitrogens is 1. The molecule has 0 saturated carbocycles. The lowest BCUT2D eigenvalue weighted by molar-refractivity contribution is -0.870. The maximum Gasteiger partial charge on any atom is 0.361 e. The van der Waals surface area contributed by atoms with Gasteiger partial charge in [0.2, 0.25) is 0 Å². The van der Waals surface area contributed by atoms with E-state index >= 15 is 0 Å². The Bertz CT molecular complexity index is 2060. The number of carbonyl (C=O) groups is 3. The summed E-state index contributed by atoms with van der Waals surface area (Å²) < 4.78 is 23.1. The second-order valence-electron chi connectivity index (χ2n) is 28.0. The first-order chi connectivity index (χ1) is 47.6. The van der Waals surface area contributed by atoms with Gasteiger partial charge in [0, 0.05) is 12.8 Å². The van der Waals surface area contributed by atoms with Crippen LogP contribution in [0.3, 0.4) is 0 Å². The standard InChI is InChI=1S/C88H151NO8/c1-6-8-10-12-14-16-18-20-22-24-26-28-30-32-34-36-38-40-42-43-45-47-49-51-53-55-57-59-61-63-65-67-69-71-73-75-77-79-86(91)97-84(83-96-88(87(92)93)94-81-80-89(3,4)5)82-95-85(90)78-76-74-72-70-68-66-64-62-60-58-56-54-52-50-48-46-44-41-39-37-35-33-31-29-27-25-23-21-19-17-15-13-11-9-7-2/h8-11,14-17,20-23,26-29,32-35,38,40,84,88H,6-7,12-13,18-19,24-25,30-31,36-37,39,41-83H2,1-5H3/p+1/b10-8-,11-9-,16-14-,17-15-,22-20-,23-21-,28-26-,29-27-,34-32-,35-33-,40-38-. The second-order valence-corrected chi connectivity index (χ2v) is 28.0. The molecule has 0 aromatic carbocycles. The minimum Gasteiger partial charge on any atom is -0.477 e. The summed E-state index contributed by atoms with van der Waals surface area (Å²) in [5.41, 5.74) is 0. The van der Waals surface area contributed by atoms with Crippen molar-refractivity contribution in [2.24, 2.45) is 0 Å². The summed E-state index contributed by atoms with van der Waals surface area (Å²) in [6, 6.07) is 0. The van der Waals surface area contributed by atoms with Crippen LogP contribution in [0.25, 0.3) is 0 Å². The number of esters is 2. The van der Waals surface area contributed by atoms with Gasteiger partial charge < -0.3 is 28.5 Å². The lowest BCUT2D eigenvalue weighted by Gasteiger charge is -2.25. The van der Waals surface area contributed by atoms with Crippen LogP contribution in [0, 0.1) is 0 Å². The van der Waals surface area contributed by atoms with Gasteiger partial charge in [-0.25, -0.2) is 4.79 Å². The Morgan fingerprint density at radius 2 is 0.557 bits per heavy atom. The van der Waals surface area contributed by atoms with E-state index in [0.29, 0.717) is 17.4 Å². The molecule has 0 aliphatic heterocycles. The number of carbonyl (C=O) groups excluding carboxylic acids is 2. The number of carboxylic acid groups (broad SMARTS) is 1. The van der Waals surface area contributed by atoms with Crippen molar-refractivity contribution < 1.29 is 42.9 Å². The van der Waals surface area contributed by atoms with Gasteiger partial charge in [0.1, 0.15) is 13.2 Å². The Kier molecular flexibility index (Phi) is 73.5. The van der Waals surface area contributed by atoms with Gasteiger partial charge in [-0.1, -0.05) is 359 Å². The van der Waals surface area contributed by atoms with Crippen LogP contribution < -0.4 is 0 Å². The van der Waals surface area contributed by atoms with Crippen LogP contribution in [0.4, 0.5) is 0 Å². The van der Waals surface area contributed by atoms with E-state index in [-0.39, 0.29) is 32.2 Å². The van der Waals surface area contributed by atoms with Crippen LogP contribution in [0.15, 0.2) is 134 Å². The molecule has 0 bridgehead atoms. The Morgan fingerprint density at radius 3 is 0.825 bits per heavy atom. The van der Waals surface area contributed by atoms with Crippen LogP contribution in [-0.2, 0) is 33.3 Å². The quantitative estimate of drug-likeness (QED) is 0.0211. The summed E-state index contributed by atoms with van der Waals surface area (Å²) in [6.45, 7) is 4.69. The smallest absolute Gasteiger partial charge is 0.361 e. The molecule has 0 aliphatic carbocycles. The zero-order valence-corrected chi connectivity index (χ0v) is 63.7. The number of ether oxygens (including phenoxy) is 4. The van der Waals surface area contributed by atoms with Crippen LogP contribution in [0.1, 0.15) is 348 Å². The highest BCUT2D eigenvalue weighted by atomic mass is 16.7. The maximum atomic E-state index is 13.0. The molecule has 0 rings (SSSR count). The molecule has 0 aromatic heterocycles. The monoisotopic (exact) mass is 1350 g/mol. The molecule has 97 heavy (non-hydrogen) atoms. The molecule has 9 heteroatoms. The molecular formula is C88H152NO8+. The van der Waals surface area contributed by atoms with E-state index in [9.17, 15) is 19.5 Å². The number of unbranched alkanes of at least 4 members (excludes halogenated alkanes) is 37. The van der Waals surface area contributed by atoms with Crippen molar-refractivity contribution >= 4 is 17.9 Å². The van der Waals surface area contributed by atoms with Gasteiger partial charge in [-0.15, -0.1) is 0 Å². The first kappa shape index (κ1) is 92.4. The van der Waals surface area contributed by atoms with Gasteiger partial charge in [-0.3, -0.25) is 9.59 Å². The summed E-state index contributed by atoms with van der Waals surface area (Å²) in [4.78, 5) is 37.8. The Labute approximate surface area is 599 Å². The highest BCUT2D eigenvalue weighted by Crippen LogP contribution is 2.19. The van der Waals surface area contributed by atoms with Crippen LogP contribution in [-0.4, -0.2) is 87.4 Å². The average Bonchev–Trinajstić information content (AvgIpc) is 3.11. The zero-order valence-electron chi connectivity index (χ0n) is 63.7. The number of aliphatic carboxylic acids is 1. The third-order valence-corrected chi connectivity index (χ3v) is 17.4. The van der Waals surface area contributed by atoms with Crippen molar-refractivity contribution in [2.75, 3.05) is 47.5 Å². The Hall–Kier alpha value is -4.57. The number of rotatable bonds is 74. The largest absolute Gasteiger partial charge is 0.477 e. The minimum atomic E-state index is -1.52. The topological polar surface area (TPSA) is 108 Å². The number of likely N-dealkylation sites (N-methyl/N-ethyl adjacent to an activating group) is 1. The molecule has 0 saturated heterocycles. The molecular weight excluding hydrogens is 1200 g/mol. The molecule has 0 radical (unpaired) electrons. The molecule has 0 amide bonds. The Morgan fingerprint density at radius 1 is 0.309 bits per heavy atom. The molecule has 1 N–H and O–H groups in total. The molecule has 556 valence electrons. The normalized spacial score (nSPS) is 13.4. The summed E-state index contributed by atoms with van der Waals surface area (Å²) in [7, 11) is 5.99. The van der Waals surface area contributed by atoms with Crippen molar-refractivity contribution in [3.05, 3.63) is 134 Å². The summed E-state index contributed by atoms with van der Waals surface area (Å²) >= 11 is 0. The Balaban J connectivity index is 4.01. The molecule has 2 unspecified atom stereocenters. The highest BCUT2D eigenvalue weighted by molar-refractivity contribution is 5.71. The molecule has 0 aliphatic rings. The van der Waals surface area contributed by atoms with Crippen molar-refractivity contribution in [3.63, 3.8) is 0 Å². The second kappa shape index (κ2) is 77.2. The third kappa shape index (κ3) is 78.6. The van der Waals surface area contributed by atoms with Crippen molar-refractivity contribution in [3.8, 4) is 0 Å². The van der Waals surface area contributed by atoms with E-state index in [1.165, 1.54) is 212 Å². The van der Waals surface area contributed by atoms with Crippen molar-refractivity contribution in [2.45, 2.75) is 360 Å². The fourth-order valence-corrected chi connectivity index (χ4v) is 11.3. The van der Waals surface area contributed by atoms with Crippen LogP contribution in [0.2, 0.25) is 0 Å². The SMILES string of the molecule is CC/C=C\C/C=C\C/C=C\C/C=C\C/C=C\C/C=C\CCCCCCCCCCCCCCCCCCCCC(=O)OC(COC(=O)CCCCCCCCCCCCCCCCCCCCC/C=C\C/C=C\C/C=C\C/C=C\C/C=C\CC)COC(OCC[N+](C)(C)C)C(=O)O. The first-order valence-electron chi connectivity index (χ1n) is 40.3. The van der Waals surface area contributed by atoms with E-state index < -0.39 is 24.3 Å². The van der Waals surface area contributed by atoms with Crippen molar-refractivity contribution in [1.82, 2.24) is 0 Å².